The number of halogens is 2. The average molecular weight is 522 g/mol. The van der Waals surface area contributed by atoms with Gasteiger partial charge in [0.2, 0.25) is 5.91 Å². The Morgan fingerprint density at radius 3 is 2.36 bits per heavy atom. The molecule has 6 nitrogen and oxygen atoms in total. The third-order valence-electron chi connectivity index (χ3n) is 4.52. The van der Waals surface area contributed by atoms with Crippen molar-refractivity contribution in [2.75, 3.05) is 45.8 Å². The van der Waals surface area contributed by atoms with Gasteiger partial charge in [-0.15, -0.1) is 24.0 Å². The van der Waals surface area contributed by atoms with Crippen molar-refractivity contribution < 1.29 is 4.79 Å². The molecule has 0 unspecified atom stereocenters. The Morgan fingerprint density at radius 1 is 1.14 bits per heavy atom. The van der Waals surface area contributed by atoms with Crippen LogP contribution < -0.4 is 10.6 Å². The summed E-state index contributed by atoms with van der Waals surface area (Å²) in [6.07, 6.45) is 0. The fourth-order valence-corrected chi connectivity index (χ4v) is 3.06. The quantitative estimate of drug-likeness (QED) is 0.251. The lowest BCUT2D eigenvalue weighted by atomic mass is 10.2. The second-order valence-electron chi connectivity index (χ2n) is 7.07. The Bertz CT molecular complexity index is 616. The SMILES string of the molecule is CCNC(=NCCNC(=O)C(C)C)N1CCN(Cc2ccc(Cl)cc2)CC1.I. The number of aliphatic imine (C=N–C) groups is 1. The highest BCUT2D eigenvalue weighted by atomic mass is 127. The van der Waals surface area contributed by atoms with Gasteiger partial charge in [0, 0.05) is 56.8 Å². The molecule has 2 N–H and O–H groups in total. The van der Waals surface area contributed by atoms with E-state index < -0.39 is 0 Å². The van der Waals surface area contributed by atoms with Gasteiger partial charge < -0.3 is 15.5 Å². The van der Waals surface area contributed by atoms with Crippen LogP contribution in [0.5, 0.6) is 0 Å². The molecule has 8 heteroatoms. The topological polar surface area (TPSA) is 60.0 Å². The first-order chi connectivity index (χ1) is 13.0. The minimum Gasteiger partial charge on any atom is -0.357 e. The zero-order chi connectivity index (χ0) is 19.6. The van der Waals surface area contributed by atoms with E-state index in [1.54, 1.807) is 0 Å². The van der Waals surface area contributed by atoms with Gasteiger partial charge in [0.25, 0.3) is 0 Å². The zero-order valence-electron chi connectivity index (χ0n) is 17.1. The average Bonchev–Trinajstić information content (AvgIpc) is 2.66. The molecule has 2 rings (SSSR count). The molecule has 0 aliphatic carbocycles. The molecule has 1 aliphatic rings. The summed E-state index contributed by atoms with van der Waals surface area (Å²) in [5, 5.41) is 7.05. The molecule has 0 radical (unpaired) electrons. The molecule has 1 aliphatic heterocycles. The summed E-state index contributed by atoms with van der Waals surface area (Å²) >= 11 is 5.96. The normalized spacial score (nSPS) is 15.3. The molecule has 0 aromatic heterocycles. The molecule has 1 fully saturated rings. The number of rotatable bonds is 7. The fraction of sp³-hybridized carbons (Fsp3) is 0.600. The van der Waals surface area contributed by atoms with E-state index in [0.717, 1.165) is 50.3 Å². The lowest BCUT2D eigenvalue weighted by Crippen LogP contribution is -2.52. The maximum atomic E-state index is 11.6. The van der Waals surface area contributed by atoms with Gasteiger partial charge in [-0.25, -0.2) is 0 Å². The number of guanidine groups is 1. The summed E-state index contributed by atoms with van der Waals surface area (Å²) in [4.78, 5) is 21.0. The second kappa shape index (κ2) is 13.2. The van der Waals surface area contributed by atoms with E-state index in [2.05, 4.69) is 44.5 Å². The number of nitrogens with one attached hydrogen (secondary N) is 2. The summed E-state index contributed by atoms with van der Waals surface area (Å²) in [5.74, 6) is 1.02. The van der Waals surface area contributed by atoms with E-state index >= 15 is 0 Å². The van der Waals surface area contributed by atoms with Crippen LogP contribution in [-0.2, 0) is 11.3 Å². The van der Waals surface area contributed by atoms with Gasteiger partial charge >= 0.3 is 0 Å². The number of amides is 1. The molecule has 1 heterocycles. The van der Waals surface area contributed by atoms with Crippen LogP contribution in [0.3, 0.4) is 0 Å². The summed E-state index contributed by atoms with van der Waals surface area (Å²) in [5.41, 5.74) is 1.29. The lowest BCUT2D eigenvalue weighted by molar-refractivity contribution is -0.123. The first-order valence-electron chi connectivity index (χ1n) is 9.77. The molecular formula is C20H33ClIN5O. The van der Waals surface area contributed by atoms with Gasteiger partial charge in [0.05, 0.1) is 6.54 Å². The lowest BCUT2D eigenvalue weighted by Gasteiger charge is -2.36. The van der Waals surface area contributed by atoms with Crippen LogP contribution in [0.25, 0.3) is 0 Å². The van der Waals surface area contributed by atoms with E-state index in [1.807, 2.05) is 26.0 Å². The summed E-state index contributed by atoms with van der Waals surface area (Å²) in [7, 11) is 0. The van der Waals surface area contributed by atoms with Crippen LogP contribution >= 0.6 is 35.6 Å². The molecule has 0 saturated carbocycles. The van der Waals surface area contributed by atoms with E-state index in [4.69, 9.17) is 11.6 Å². The Labute approximate surface area is 191 Å². The van der Waals surface area contributed by atoms with Crippen molar-refractivity contribution in [2.45, 2.75) is 27.3 Å². The van der Waals surface area contributed by atoms with Crippen LogP contribution in [-0.4, -0.2) is 67.5 Å². The van der Waals surface area contributed by atoms with Gasteiger partial charge in [0.15, 0.2) is 5.96 Å². The third kappa shape index (κ3) is 8.53. The first kappa shape index (κ1) is 25.0. The van der Waals surface area contributed by atoms with Crippen molar-refractivity contribution in [1.82, 2.24) is 20.4 Å². The summed E-state index contributed by atoms with van der Waals surface area (Å²) in [6.45, 7) is 12.7. The molecule has 158 valence electrons. The molecule has 1 amide bonds. The molecule has 0 spiro atoms. The molecule has 0 atom stereocenters. The summed E-state index contributed by atoms with van der Waals surface area (Å²) in [6, 6.07) is 8.07. The van der Waals surface area contributed by atoms with Crippen LogP contribution in [0.1, 0.15) is 26.3 Å². The number of benzene rings is 1. The standard InChI is InChI=1S/C20H32ClN5O.HI/c1-4-22-20(24-10-9-23-19(27)16(2)3)26-13-11-25(12-14-26)15-17-5-7-18(21)8-6-17;/h5-8,16H,4,9-15H2,1-3H3,(H,22,24)(H,23,27);1H. The van der Waals surface area contributed by atoms with Crippen molar-refractivity contribution in [1.29, 1.82) is 0 Å². The van der Waals surface area contributed by atoms with Gasteiger partial charge in [-0.05, 0) is 24.6 Å². The maximum Gasteiger partial charge on any atom is 0.222 e. The van der Waals surface area contributed by atoms with Crippen LogP contribution in [0.15, 0.2) is 29.3 Å². The molecule has 1 aromatic carbocycles. The smallest absolute Gasteiger partial charge is 0.222 e. The van der Waals surface area contributed by atoms with Crippen molar-refractivity contribution in [3.8, 4) is 0 Å². The maximum absolute atomic E-state index is 11.6. The van der Waals surface area contributed by atoms with Gasteiger partial charge in [-0.2, -0.15) is 0 Å². The van der Waals surface area contributed by atoms with Crippen molar-refractivity contribution in [3.05, 3.63) is 34.9 Å². The van der Waals surface area contributed by atoms with Gasteiger partial charge in [-0.1, -0.05) is 37.6 Å². The van der Waals surface area contributed by atoms with Crippen molar-refractivity contribution in [3.63, 3.8) is 0 Å². The van der Waals surface area contributed by atoms with Crippen molar-refractivity contribution in [2.24, 2.45) is 10.9 Å². The number of nitrogens with zero attached hydrogens (tertiary/aromatic N) is 3. The summed E-state index contributed by atoms with van der Waals surface area (Å²) < 4.78 is 0. The second-order valence-corrected chi connectivity index (χ2v) is 7.51. The Balaban J connectivity index is 0.00000392. The monoisotopic (exact) mass is 521 g/mol. The third-order valence-corrected chi connectivity index (χ3v) is 4.78. The highest BCUT2D eigenvalue weighted by molar-refractivity contribution is 14.0. The highest BCUT2D eigenvalue weighted by Crippen LogP contribution is 2.13. The minimum atomic E-state index is 0. The van der Waals surface area contributed by atoms with E-state index in [0.29, 0.717) is 13.1 Å². The fourth-order valence-electron chi connectivity index (χ4n) is 2.94. The minimum absolute atomic E-state index is 0. The van der Waals surface area contributed by atoms with Gasteiger partial charge in [0.1, 0.15) is 0 Å². The van der Waals surface area contributed by atoms with Gasteiger partial charge in [-0.3, -0.25) is 14.7 Å². The molecule has 1 aromatic rings. The highest BCUT2D eigenvalue weighted by Gasteiger charge is 2.19. The van der Waals surface area contributed by atoms with Crippen molar-refractivity contribution >= 4 is 47.4 Å². The van der Waals surface area contributed by atoms with E-state index in [1.165, 1.54) is 5.56 Å². The number of hydrogen-bond acceptors (Lipinski definition) is 3. The number of hydrogen-bond donors (Lipinski definition) is 2. The Kier molecular flexibility index (Phi) is 11.8. The Morgan fingerprint density at radius 2 is 1.79 bits per heavy atom. The Hall–Kier alpha value is -1.06. The largest absolute Gasteiger partial charge is 0.357 e. The molecule has 1 saturated heterocycles. The number of carbonyl (C=O) groups excluding carboxylic acids is 1. The predicted molar refractivity (Wildman–Crippen MR) is 128 cm³/mol. The van der Waals surface area contributed by atoms with E-state index in [-0.39, 0.29) is 35.8 Å². The zero-order valence-corrected chi connectivity index (χ0v) is 20.2. The molecule has 28 heavy (non-hydrogen) atoms. The molecule has 0 bridgehead atoms. The van der Waals surface area contributed by atoms with Crippen LogP contribution in [0.2, 0.25) is 5.02 Å². The molecular weight excluding hydrogens is 489 g/mol. The number of carbonyl (C=O) groups is 1. The first-order valence-corrected chi connectivity index (χ1v) is 10.1. The van der Waals surface area contributed by atoms with Crippen LogP contribution in [0.4, 0.5) is 0 Å². The van der Waals surface area contributed by atoms with Crippen LogP contribution in [0, 0.1) is 5.92 Å². The van der Waals surface area contributed by atoms with E-state index in [9.17, 15) is 4.79 Å². The number of piperazine rings is 1. The predicted octanol–water partition coefficient (Wildman–Crippen LogP) is 2.81.